The summed E-state index contributed by atoms with van der Waals surface area (Å²) in [6.45, 7) is 0. The summed E-state index contributed by atoms with van der Waals surface area (Å²) in [5.74, 6) is -0.538. The Morgan fingerprint density at radius 1 is 1.15 bits per heavy atom. The highest BCUT2D eigenvalue weighted by Gasteiger charge is 2.13. The Hall–Kier alpha value is -0.440. The van der Waals surface area contributed by atoms with Crippen molar-refractivity contribution in [2.45, 2.75) is 0 Å². The molecule has 0 spiro atoms. The van der Waals surface area contributed by atoms with E-state index in [9.17, 15) is 4.79 Å². The van der Waals surface area contributed by atoms with E-state index < -0.39 is 5.97 Å². The normalized spacial score (nSPS) is 9.85. The number of carbonyl (C=O) groups is 1. The SMILES string of the molecule is COC(=O)c1cc(Cl)c(Cl)cc1Cl. The van der Waals surface area contributed by atoms with E-state index in [-0.39, 0.29) is 15.6 Å². The summed E-state index contributed by atoms with van der Waals surface area (Å²) >= 11 is 17.1. The highest BCUT2D eigenvalue weighted by atomic mass is 35.5. The van der Waals surface area contributed by atoms with E-state index in [1.165, 1.54) is 19.2 Å². The van der Waals surface area contributed by atoms with E-state index in [0.717, 1.165) is 0 Å². The Labute approximate surface area is 90.3 Å². The predicted octanol–water partition coefficient (Wildman–Crippen LogP) is 3.43. The van der Waals surface area contributed by atoms with Gasteiger partial charge in [-0.05, 0) is 12.1 Å². The van der Waals surface area contributed by atoms with E-state index in [2.05, 4.69) is 4.74 Å². The highest BCUT2D eigenvalue weighted by molar-refractivity contribution is 6.44. The molecule has 1 rings (SSSR count). The molecule has 0 aromatic heterocycles. The van der Waals surface area contributed by atoms with E-state index in [4.69, 9.17) is 34.8 Å². The lowest BCUT2D eigenvalue weighted by Gasteiger charge is -2.03. The molecule has 0 heterocycles. The molecule has 0 amide bonds. The molecule has 0 bridgehead atoms. The molecule has 70 valence electrons. The van der Waals surface area contributed by atoms with Crippen molar-refractivity contribution >= 4 is 40.8 Å². The Kier molecular flexibility index (Phi) is 3.42. The van der Waals surface area contributed by atoms with Crippen molar-refractivity contribution < 1.29 is 9.53 Å². The van der Waals surface area contributed by atoms with Gasteiger partial charge in [0.05, 0.1) is 27.7 Å². The maximum atomic E-state index is 11.1. The third kappa shape index (κ3) is 2.27. The van der Waals surface area contributed by atoms with E-state index in [1.54, 1.807) is 0 Å². The van der Waals surface area contributed by atoms with Crippen LogP contribution in [0.5, 0.6) is 0 Å². The summed E-state index contributed by atoms with van der Waals surface area (Å²) < 4.78 is 4.49. The predicted molar refractivity (Wildman–Crippen MR) is 52.8 cm³/mol. The van der Waals surface area contributed by atoms with Crippen LogP contribution in [0.3, 0.4) is 0 Å². The molecule has 1 aromatic rings. The summed E-state index contributed by atoms with van der Waals surface area (Å²) in [4.78, 5) is 11.1. The molecule has 5 heteroatoms. The fourth-order valence-electron chi connectivity index (χ4n) is 0.789. The third-order valence-electron chi connectivity index (χ3n) is 1.42. The van der Waals surface area contributed by atoms with Crippen molar-refractivity contribution in [3.05, 3.63) is 32.8 Å². The summed E-state index contributed by atoms with van der Waals surface area (Å²) in [7, 11) is 1.27. The topological polar surface area (TPSA) is 26.3 Å². The first-order valence-corrected chi connectivity index (χ1v) is 4.42. The van der Waals surface area contributed by atoms with Gasteiger partial charge < -0.3 is 4.74 Å². The second kappa shape index (κ2) is 4.18. The summed E-state index contributed by atoms with van der Waals surface area (Å²) in [6, 6.07) is 2.77. The van der Waals surface area contributed by atoms with Gasteiger partial charge in [0.25, 0.3) is 0 Å². The number of hydrogen-bond donors (Lipinski definition) is 0. The first-order chi connectivity index (χ1) is 6.06. The molecular formula is C8H5Cl3O2. The molecule has 0 saturated carbocycles. The standard InChI is InChI=1S/C8H5Cl3O2/c1-13-8(12)4-2-6(10)7(11)3-5(4)9/h2-3H,1H3. The van der Waals surface area contributed by atoms with Crippen LogP contribution in [0.25, 0.3) is 0 Å². The van der Waals surface area contributed by atoms with E-state index in [1.807, 2.05) is 0 Å². The minimum absolute atomic E-state index is 0.207. The fraction of sp³-hybridized carbons (Fsp3) is 0.125. The minimum Gasteiger partial charge on any atom is -0.465 e. The van der Waals surface area contributed by atoms with Crippen LogP contribution >= 0.6 is 34.8 Å². The lowest BCUT2D eigenvalue weighted by molar-refractivity contribution is 0.0601. The van der Waals surface area contributed by atoms with Crippen LogP contribution in [0.4, 0.5) is 0 Å². The molecular weight excluding hydrogens is 234 g/mol. The number of hydrogen-bond acceptors (Lipinski definition) is 2. The van der Waals surface area contributed by atoms with Crippen molar-refractivity contribution in [3.63, 3.8) is 0 Å². The van der Waals surface area contributed by atoms with Gasteiger partial charge in [-0.25, -0.2) is 4.79 Å². The lowest BCUT2D eigenvalue weighted by Crippen LogP contribution is -2.01. The average molecular weight is 239 g/mol. The maximum absolute atomic E-state index is 11.1. The molecule has 0 N–H and O–H groups in total. The Morgan fingerprint density at radius 3 is 2.23 bits per heavy atom. The largest absolute Gasteiger partial charge is 0.465 e. The van der Waals surface area contributed by atoms with Crippen LogP contribution in [0, 0.1) is 0 Å². The first kappa shape index (κ1) is 10.6. The van der Waals surface area contributed by atoms with E-state index >= 15 is 0 Å². The highest BCUT2D eigenvalue weighted by Crippen LogP contribution is 2.29. The molecule has 0 unspecified atom stereocenters. The van der Waals surface area contributed by atoms with Gasteiger partial charge in [0, 0.05) is 0 Å². The van der Waals surface area contributed by atoms with Crippen molar-refractivity contribution in [2.75, 3.05) is 7.11 Å². The monoisotopic (exact) mass is 238 g/mol. The molecule has 0 atom stereocenters. The quantitative estimate of drug-likeness (QED) is 0.554. The first-order valence-electron chi connectivity index (χ1n) is 3.29. The number of rotatable bonds is 1. The molecule has 0 fully saturated rings. The Balaban J connectivity index is 3.23. The van der Waals surface area contributed by atoms with Crippen molar-refractivity contribution in [2.24, 2.45) is 0 Å². The lowest BCUT2D eigenvalue weighted by atomic mass is 10.2. The second-order valence-electron chi connectivity index (χ2n) is 2.24. The number of halogens is 3. The Morgan fingerprint density at radius 2 is 1.69 bits per heavy atom. The van der Waals surface area contributed by atoms with Crippen molar-refractivity contribution in [1.82, 2.24) is 0 Å². The van der Waals surface area contributed by atoms with Gasteiger partial charge in [0.2, 0.25) is 0 Å². The molecule has 2 nitrogen and oxygen atoms in total. The van der Waals surface area contributed by atoms with Gasteiger partial charge in [0.1, 0.15) is 0 Å². The molecule has 13 heavy (non-hydrogen) atoms. The number of methoxy groups -OCH3 is 1. The summed E-state index contributed by atoms with van der Waals surface area (Å²) in [5, 5.41) is 0.798. The Bertz CT molecular complexity index is 349. The molecule has 0 aliphatic carbocycles. The number of benzene rings is 1. The summed E-state index contributed by atoms with van der Waals surface area (Å²) in [5.41, 5.74) is 0.207. The van der Waals surface area contributed by atoms with Crippen LogP contribution < -0.4 is 0 Å². The zero-order valence-corrected chi connectivity index (χ0v) is 8.87. The van der Waals surface area contributed by atoms with Crippen LogP contribution in [-0.4, -0.2) is 13.1 Å². The zero-order chi connectivity index (χ0) is 10.0. The molecule has 1 aromatic carbocycles. The number of esters is 1. The zero-order valence-electron chi connectivity index (χ0n) is 6.61. The van der Waals surface area contributed by atoms with Crippen LogP contribution in [0.2, 0.25) is 15.1 Å². The fourth-order valence-corrected chi connectivity index (χ4v) is 1.41. The van der Waals surface area contributed by atoms with Gasteiger partial charge in [-0.3, -0.25) is 0 Å². The smallest absolute Gasteiger partial charge is 0.339 e. The minimum atomic E-state index is -0.538. The van der Waals surface area contributed by atoms with Gasteiger partial charge in [-0.15, -0.1) is 0 Å². The van der Waals surface area contributed by atoms with E-state index in [0.29, 0.717) is 5.02 Å². The van der Waals surface area contributed by atoms with Crippen molar-refractivity contribution in [3.8, 4) is 0 Å². The molecule has 0 saturated heterocycles. The van der Waals surface area contributed by atoms with Crippen LogP contribution in [-0.2, 0) is 4.74 Å². The van der Waals surface area contributed by atoms with Gasteiger partial charge in [0.15, 0.2) is 0 Å². The van der Waals surface area contributed by atoms with Gasteiger partial charge in [-0.2, -0.15) is 0 Å². The van der Waals surface area contributed by atoms with Gasteiger partial charge in [-0.1, -0.05) is 34.8 Å². The van der Waals surface area contributed by atoms with Gasteiger partial charge >= 0.3 is 5.97 Å². The van der Waals surface area contributed by atoms with Crippen LogP contribution in [0.1, 0.15) is 10.4 Å². The second-order valence-corrected chi connectivity index (χ2v) is 3.46. The average Bonchev–Trinajstić information content (AvgIpc) is 2.10. The molecule has 0 aliphatic rings. The number of ether oxygens (including phenoxy) is 1. The van der Waals surface area contributed by atoms with Crippen molar-refractivity contribution in [1.29, 1.82) is 0 Å². The van der Waals surface area contributed by atoms with Crippen LogP contribution in [0.15, 0.2) is 12.1 Å². The molecule has 0 radical (unpaired) electrons. The third-order valence-corrected chi connectivity index (χ3v) is 2.45. The number of carbonyl (C=O) groups excluding carboxylic acids is 1. The maximum Gasteiger partial charge on any atom is 0.339 e. The molecule has 0 aliphatic heterocycles. The summed E-state index contributed by atoms with van der Waals surface area (Å²) in [6.07, 6.45) is 0.